The van der Waals surface area contributed by atoms with Crippen molar-refractivity contribution < 1.29 is 9.90 Å². The number of hydrogen-bond donors (Lipinski definition) is 1. The predicted octanol–water partition coefficient (Wildman–Crippen LogP) is 1.55. The van der Waals surface area contributed by atoms with Crippen LogP contribution in [0.4, 0.5) is 0 Å². The molecule has 3 rings (SSSR count). The number of carbonyl (C=O) groups is 1. The fourth-order valence-electron chi connectivity index (χ4n) is 1.85. The van der Waals surface area contributed by atoms with Crippen LogP contribution >= 0.6 is 0 Å². The maximum atomic E-state index is 11.0. The Balaban J connectivity index is 2.09. The highest BCUT2D eigenvalue weighted by Gasteiger charge is 2.30. The van der Waals surface area contributed by atoms with Gasteiger partial charge in [-0.05, 0) is 25.8 Å². The van der Waals surface area contributed by atoms with Crippen LogP contribution in [-0.2, 0) is 0 Å². The van der Waals surface area contributed by atoms with Gasteiger partial charge in [0.05, 0.1) is 23.8 Å². The first-order chi connectivity index (χ1) is 8.65. The second-order valence-electron chi connectivity index (χ2n) is 4.46. The summed E-state index contributed by atoms with van der Waals surface area (Å²) in [5.74, 6) is -0.0561. The molecule has 0 spiro atoms. The first-order valence-corrected chi connectivity index (χ1v) is 5.77. The lowest BCUT2D eigenvalue weighted by Crippen LogP contribution is -2.06. The van der Waals surface area contributed by atoms with Gasteiger partial charge in [-0.2, -0.15) is 5.10 Å². The van der Waals surface area contributed by atoms with Crippen molar-refractivity contribution in [3.63, 3.8) is 0 Å². The molecule has 6 heteroatoms. The van der Waals surface area contributed by atoms with Crippen LogP contribution in [0, 0.1) is 6.92 Å². The Bertz CT molecular complexity index is 599. The molecule has 0 bridgehead atoms. The molecule has 2 aromatic heterocycles. The van der Waals surface area contributed by atoms with Gasteiger partial charge in [-0.25, -0.2) is 14.5 Å². The van der Waals surface area contributed by atoms with Gasteiger partial charge >= 0.3 is 5.97 Å². The summed E-state index contributed by atoms with van der Waals surface area (Å²) in [5, 5.41) is 13.1. The van der Waals surface area contributed by atoms with Crippen LogP contribution in [0.5, 0.6) is 0 Å². The summed E-state index contributed by atoms with van der Waals surface area (Å²) in [5.41, 5.74) is 1.78. The van der Waals surface area contributed by atoms with E-state index in [1.807, 2.05) is 6.92 Å². The molecular weight excluding hydrogens is 232 g/mol. The average Bonchev–Trinajstić information content (AvgIpc) is 3.09. The summed E-state index contributed by atoms with van der Waals surface area (Å²) >= 11 is 0. The molecule has 2 aromatic rings. The molecular formula is C12H12N4O2. The minimum Gasteiger partial charge on any atom is -0.476 e. The number of nitrogens with zero attached hydrogens (tertiary/aromatic N) is 4. The Labute approximate surface area is 103 Å². The van der Waals surface area contributed by atoms with Gasteiger partial charge in [0.2, 0.25) is 0 Å². The Morgan fingerprint density at radius 2 is 2.17 bits per heavy atom. The fraction of sp³-hybridized carbons (Fsp3) is 0.333. The minimum atomic E-state index is -1.02. The molecule has 0 aromatic carbocycles. The maximum Gasteiger partial charge on any atom is 0.356 e. The number of carboxylic acids is 1. The number of aromatic carboxylic acids is 1. The third-order valence-electron chi connectivity index (χ3n) is 2.94. The van der Waals surface area contributed by atoms with E-state index in [9.17, 15) is 4.79 Å². The van der Waals surface area contributed by atoms with Gasteiger partial charge in [-0.15, -0.1) is 0 Å². The van der Waals surface area contributed by atoms with Crippen LogP contribution < -0.4 is 0 Å². The largest absolute Gasteiger partial charge is 0.476 e. The lowest BCUT2D eigenvalue weighted by atomic mass is 10.2. The Morgan fingerprint density at radius 3 is 2.72 bits per heavy atom. The van der Waals surface area contributed by atoms with Crippen molar-refractivity contribution in [2.75, 3.05) is 0 Å². The van der Waals surface area contributed by atoms with E-state index in [2.05, 4.69) is 15.1 Å². The highest BCUT2D eigenvalue weighted by atomic mass is 16.4. The second kappa shape index (κ2) is 3.90. The standard InChI is InChI=1S/C12H12N4O2/c1-7-5-14-11(6-13-7)16-10(8-2-3-8)4-9(15-16)12(17)18/h4-6,8H,2-3H2,1H3,(H,17,18). The molecule has 0 radical (unpaired) electrons. The first kappa shape index (κ1) is 10.9. The monoisotopic (exact) mass is 244 g/mol. The number of rotatable bonds is 3. The van der Waals surface area contributed by atoms with E-state index < -0.39 is 5.97 Å². The molecule has 0 aliphatic heterocycles. The summed E-state index contributed by atoms with van der Waals surface area (Å²) in [4.78, 5) is 19.4. The normalized spacial score (nSPS) is 14.7. The molecule has 1 saturated carbocycles. The topological polar surface area (TPSA) is 80.9 Å². The summed E-state index contributed by atoms with van der Waals surface area (Å²) in [7, 11) is 0. The van der Waals surface area contributed by atoms with E-state index in [-0.39, 0.29) is 5.69 Å². The predicted molar refractivity (Wildman–Crippen MR) is 62.8 cm³/mol. The summed E-state index contributed by atoms with van der Waals surface area (Å²) in [6.07, 6.45) is 5.40. The molecule has 2 heterocycles. The van der Waals surface area contributed by atoms with Crippen LogP contribution in [0.3, 0.4) is 0 Å². The summed E-state index contributed by atoms with van der Waals surface area (Å²) in [6.45, 7) is 1.85. The number of aromatic nitrogens is 4. The zero-order valence-electron chi connectivity index (χ0n) is 9.87. The summed E-state index contributed by atoms with van der Waals surface area (Å²) in [6, 6.07) is 1.63. The maximum absolute atomic E-state index is 11.0. The van der Waals surface area contributed by atoms with E-state index in [4.69, 9.17) is 5.11 Å². The Morgan fingerprint density at radius 1 is 1.39 bits per heavy atom. The second-order valence-corrected chi connectivity index (χ2v) is 4.46. The number of carboxylic acid groups (broad SMARTS) is 1. The molecule has 92 valence electrons. The van der Waals surface area contributed by atoms with Gasteiger partial charge in [-0.1, -0.05) is 0 Å². The van der Waals surface area contributed by atoms with Crippen LogP contribution in [0.2, 0.25) is 0 Å². The zero-order chi connectivity index (χ0) is 12.7. The van der Waals surface area contributed by atoms with E-state index in [0.29, 0.717) is 11.7 Å². The third kappa shape index (κ3) is 1.85. The van der Waals surface area contributed by atoms with Gasteiger partial charge in [-0.3, -0.25) is 4.98 Å². The van der Waals surface area contributed by atoms with Crippen LogP contribution in [0.25, 0.3) is 5.82 Å². The average molecular weight is 244 g/mol. The fourth-order valence-corrected chi connectivity index (χ4v) is 1.85. The van der Waals surface area contributed by atoms with E-state index in [1.54, 1.807) is 23.1 Å². The van der Waals surface area contributed by atoms with Crippen molar-refractivity contribution in [2.45, 2.75) is 25.7 Å². The highest BCUT2D eigenvalue weighted by Crippen LogP contribution is 2.40. The molecule has 0 unspecified atom stereocenters. The molecule has 6 nitrogen and oxygen atoms in total. The van der Waals surface area contributed by atoms with Gasteiger partial charge in [0.15, 0.2) is 11.5 Å². The van der Waals surface area contributed by atoms with Gasteiger partial charge in [0, 0.05) is 5.92 Å². The third-order valence-corrected chi connectivity index (χ3v) is 2.94. The zero-order valence-corrected chi connectivity index (χ0v) is 9.87. The Hall–Kier alpha value is -2.24. The molecule has 1 aliphatic carbocycles. The van der Waals surface area contributed by atoms with E-state index in [0.717, 1.165) is 24.2 Å². The van der Waals surface area contributed by atoms with Gasteiger partial charge in [0.1, 0.15) is 0 Å². The Kier molecular flexibility index (Phi) is 2.36. The van der Waals surface area contributed by atoms with E-state index in [1.165, 1.54) is 0 Å². The van der Waals surface area contributed by atoms with E-state index >= 15 is 0 Å². The lowest BCUT2D eigenvalue weighted by molar-refractivity contribution is 0.0690. The molecule has 1 N–H and O–H groups in total. The SMILES string of the molecule is Cc1cnc(-n2nc(C(=O)O)cc2C2CC2)cn1. The van der Waals surface area contributed by atoms with Crippen LogP contribution in [0.15, 0.2) is 18.5 Å². The first-order valence-electron chi connectivity index (χ1n) is 5.77. The summed E-state index contributed by atoms with van der Waals surface area (Å²) < 4.78 is 1.59. The van der Waals surface area contributed by atoms with Crippen molar-refractivity contribution >= 4 is 5.97 Å². The van der Waals surface area contributed by atoms with Crippen LogP contribution in [-0.4, -0.2) is 30.8 Å². The molecule has 1 fully saturated rings. The molecule has 0 atom stereocenters. The number of hydrogen-bond acceptors (Lipinski definition) is 4. The smallest absolute Gasteiger partial charge is 0.356 e. The minimum absolute atomic E-state index is 0.0549. The molecule has 0 saturated heterocycles. The van der Waals surface area contributed by atoms with Crippen molar-refractivity contribution in [2.24, 2.45) is 0 Å². The van der Waals surface area contributed by atoms with Gasteiger partial charge < -0.3 is 5.11 Å². The van der Waals surface area contributed by atoms with Gasteiger partial charge in [0.25, 0.3) is 0 Å². The van der Waals surface area contributed by atoms with Crippen molar-refractivity contribution in [1.82, 2.24) is 19.7 Å². The van der Waals surface area contributed by atoms with Crippen molar-refractivity contribution in [3.8, 4) is 5.82 Å². The lowest BCUT2D eigenvalue weighted by Gasteiger charge is -2.04. The quantitative estimate of drug-likeness (QED) is 0.885. The van der Waals surface area contributed by atoms with Crippen molar-refractivity contribution in [1.29, 1.82) is 0 Å². The van der Waals surface area contributed by atoms with Crippen molar-refractivity contribution in [3.05, 3.63) is 35.5 Å². The number of aryl methyl sites for hydroxylation is 1. The highest BCUT2D eigenvalue weighted by molar-refractivity contribution is 5.85. The van der Waals surface area contributed by atoms with Crippen LogP contribution in [0.1, 0.15) is 40.6 Å². The molecule has 1 aliphatic rings. The molecule has 18 heavy (non-hydrogen) atoms. The molecule has 0 amide bonds.